The monoisotopic (exact) mass is 184 g/mol. The van der Waals surface area contributed by atoms with Crippen LogP contribution in [-0.4, -0.2) is 4.98 Å². The molecule has 0 atom stereocenters. The summed E-state index contributed by atoms with van der Waals surface area (Å²) in [6.45, 7) is 4.28. The molecule has 0 radical (unpaired) electrons. The Hall–Kier alpha value is -0.760. The lowest BCUT2D eigenvalue weighted by atomic mass is 10.1. The third kappa shape index (κ3) is 2.70. The molecule has 0 aromatic carbocycles. The molecule has 0 aliphatic rings. The maximum absolute atomic E-state index is 5.74. The quantitative estimate of drug-likeness (QED) is 0.718. The highest BCUT2D eigenvalue weighted by Gasteiger charge is 2.01. The molecule has 1 heterocycles. The van der Waals surface area contributed by atoms with Crippen molar-refractivity contribution in [2.75, 3.05) is 5.73 Å². The summed E-state index contributed by atoms with van der Waals surface area (Å²) in [5.41, 5.74) is 7.26. The Morgan fingerprint density at radius 1 is 1.50 bits per heavy atom. The molecule has 1 aromatic heterocycles. The molecule has 2 N–H and O–H groups in total. The van der Waals surface area contributed by atoms with Gasteiger partial charge in [0.15, 0.2) is 0 Å². The van der Waals surface area contributed by atoms with Crippen molar-refractivity contribution in [3.63, 3.8) is 0 Å². The molecule has 2 nitrogen and oxygen atoms in total. The SMILES string of the molecule is CC(C)Cc1cc(N)cc(Cl)n1. The smallest absolute Gasteiger partial charge is 0.131 e. The van der Waals surface area contributed by atoms with Crippen LogP contribution in [0, 0.1) is 5.92 Å². The first-order chi connectivity index (χ1) is 5.58. The van der Waals surface area contributed by atoms with E-state index in [1.165, 1.54) is 0 Å². The van der Waals surface area contributed by atoms with Crippen LogP contribution in [0.3, 0.4) is 0 Å². The molecule has 66 valence electrons. The van der Waals surface area contributed by atoms with Crippen molar-refractivity contribution in [3.05, 3.63) is 23.0 Å². The second kappa shape index (κ2) is 3.76. The van der Waals surface area contributed by atoms with Crippen LogP contribution in [-0.2, 0) is 6.42 Å². The van der Waals surface area contributed by atoms with E-state index in [0.717, 1.165) is 12.1 Å². The molecule has 1 rings (SSSR count). The molecule has 0 bridgehead atoms. The van der Waals surface area contributed by atoms with Gasteiger partial charge in [0.25, 0.3) is 0 Å². The molecule has 0 saturated carbocycles. The van der Waals surface area contributed by atoms with Crippen molar-refractivity contribution in [2.24, 2.45) is 5.92 Å². The minimum atomic E-state index is 0.477. The number of hydrogen-bond acceptors (Lipinski definition) is 2. The first-order valence-corrected chi connectivity index (χ1v) is 4.37. The summed E-state index contributed by atoms with van der Waals surface area (Å²) >= 11 is 5.74. The zero-order valence-corrected chi connectivity index (χ0v) is 8.10. The van der Waals surface area contributed by atoms with Gasteiger partial charge in [-0.3, -0.25) is 0 Å². The van der Waals surface area contributed by atoms with Crippen molar-refractivity contribution in [3.8, 4) is 0 Å². The number of nitrogens with two attached hydrogens (primary N) is 1. The molecule has 0 unspecified atom stereocenters. The van der Waals surface area contributed by atoms with E-state index in [4.69, 9.17) is 17.3 Å². The number of pyridine rings is 1. The van der Waals surface area contributed by atoms with Gasteiger partial charge in [-0.1, -0.05) is 25.4 Å². The number of nitrogen functional groups attached to an aromatic ring is 1. The zero-order valence-electron chi connectivity index (χ0n) is 7.34. The Morgan fingerprint density at radius 2 is 2.17 bits per heavy atom. The van der Waals surface area contributed by atoms with Gasteiger partial charge in [-0.15, -0.1) is 0 Å². The van der Waals surface area contributed by atoms with E-state index >= 15 is 0 Å². The average molecular weight is 185 g/mol. The van der Waals surface area contributed by atoms with E-state index in [1.807, 2.05) is 6.07 Å². The van der Waals surface area contributed by atoms with Gasteiger partial charge in [0.05, 0.1) is 0 Å². The summed E-state index contributed by atoms with van der Waals surface area (Å²) in [5.74, 6) is 0.579. The van der Waals surface area contributed by atoms with Gasteiger partial charge in [0, 0.05) is 11.4 Å². The summed E-state index contributed by atoms with van der Waals surface area (Å²) in [7, 11) is 0. The van der Waals surface area contributed by atoms with E-state index in [2.05, 4.69) is 18.8 Å². The van der Waals surface area contributed by atoms with Crippen LogP contribution in [0.5, 0.6) is 0 Å². The Kier molecular flexibility index (Phi) is 2.93. The number of nitrogens with zero attached hydrogens (tertiary/aromatic N) is 1. The van der Waals surface area contributed by atoms with Crippen molar-refractivity contribution >= 4 is 17.3 Å². The predicted octanol–water partition coefficient (Wildman–Crippen LogP) is 2.52. The van der Waals surface area contributed by atoms with Crippen LogP contribution in [0.15, 0.2) is 12.1 Å². The first kappa shape index (κ1) is 9.33. The fourth-order valence-corrected chi connectivity index (χ4v) is 1.33. The van der Waals surface area contributed by atoms with Crippen molar-refractivity contribution in [2.45, 2.75) is 20.3 Å². The number of hydrogen-bond donors (Lipinski definition) is 1. The maximum atomic E-state index is 5.74. The van der Waals surface area contributed by atoms with Crippen LogP contribution < -0.4 is 5.73 Å². The van der Waals surface area contributed by atoms with Gasteiger partial charge >= 0.3 is 0 Å². The second-order valence-electron chi connectivity index (χ2n) is 3.31. The topological polar surface area (TPSA) is 38.9 Å². The van der Waals surface area contributed by atoms with Gasteiger partial charge in [0.1, 0.15) is 5.15 Å². The molecule has 0 aliphatic heterocycles. The summed E-state index contributed by atoms with van der Waals surface area (Å²) in [4.78, 5) is 4.16. The van der Waals surface area contributed by atoms with Crippen molar-refractivity contribution in [1.82, 2.24) is 4.98 Å². The Bertz CT molecular complexity index is 251. The molecule has 1 aromatic rings. The van der Waals surface area contributed by atoms with Crippen LogP contribution in [0.4, 0.5) is 5.69 Å². The standard InChI is InChI=1S/C9H13ClN2/c1-6(2)3-8-4-7(11)5-9(10)12-8/h4-6H,3H2,1-2H3,(H2,11,12). The summed E-state index contributed by atoms with van der Waals surface area (Å²) in [5, 5.41) is 0.477. The third-order valence-electron chi connectivity index (χ3n) is 1.49. The fraction of sp³-hybridized carbons (Fsp3) is 0.444. The van der Waals surface area contributed by atoms with Crippen LogP contribution in [0.2, 0.25) is 5.15 Å². The van der Waals surface area contributed by atoms with E-state index in [0.29, 0.717) is 16.8 Å². The van der Waals surface area contributed by atoms with Gasteiger partial charge in [-0.2, -0.15) is 0 Å². The molecule has 0 aliphatic carbocycles. The Balaban J connectivity index is 2.85. The number of halogens is 1. The van der Waals surface area contributed by atoms with Gasteiger partial charge in [0.2, 0.25) is 0 Å². The van der Waals surface area contributed by atoms with Crippen LogP contribution >= 0.6 is 11.6 Å². The lowest BCUT2D eigenvalue weighted by Crippen LogP contribution is -1.99. The highest BCUT2D eigenvalue weighted by molar-refractivity contribution is 6.29. The van der Waals surface area contributed by atoms with E-state index in [1.54, 1.807) is 6.07 Å². The molecular weight excluding hydrogens is 172 g/mol. The molecule has 0 spiro atoms. The fourth-order valence-electron chi connectivity index (χ4n) is 1.10. The number of rotatable bonds is 2. The first-order valence-electron chi connectivity index (χ1n) is 4.00. The highest BCUT2D eigenvalue weighted by Crippen LogP contribution is 2.14. The molecule has 3 heteroatoms. The second-order valence-corrected chi connectivity index (χ2v) is 3.70. The van der Waals surface area contributed by atoms with Gasteiger partial charge in [-0.25, -0.2) is 4.98 Å². The summed E-state index contributed by atoms with van der Waals surface area (Å²) in [6.07, 6.45) is 0.921. The lowest BCUT2D eigenvalue weighted by Gasteiger charge is -2.04. The van der Waals surface area contributed by atoms with E-state index in [9.17, 15) is 0 Å². The van der Waals surface area contributed by atoms with Gasteiger partial charge < -0.3 is 5.73 Å². The molecular formula is C9H13ClN2. The third-order valence-corrected chi connectivity index (χ3v) is 1.68. The predicted molar refractivity (Wildman–Crippen MR) is 52.2 cm³/mol. The van der Waals surface area contributed by atoms with Crippen molar-refractivity contribution < 1.29 is 0 Å². The Morgan fingerprint density at radius 3 is 2.67 bits per heavy atom. The molecule has 12 heavy (non-hydrogen) atoms. The van der Waals surface area contributed by atoms with Crippen LogP contribution in [0.25, 0.3) is 0 Å². The Labute approximate surface area is 77.8 Å². The molecule has 0 saturated heterocycles. The van der Waals surface area contributed by atoms with E-state index < -0.39 is 0 Å². The van der Waals surface area contributed by atoms with Crippen LogP contribution in [0.1, 0.15) is 19.5 Å². The zero-order chi connectivity index (χ0) is 9.14. The minimum Gasteiger partial charge on any atom is -0.399 e. The lowest BCUT2D eigenvalue weighted by molar-refractivity contribution is 0.636. The maximum Gasteiger partial charge on any atom is 0.131 e. The summed E-state index contributed by atoms with van der Waals surface area (Å²) < 4.78 is 0. The molecule has 0 fully saturated rings. The molecule has 0 amide bonds. The number of aromatic nitrogens is 1. The number of anilines is 1. The van der Waals surface area contributed by atoms with Crippen molar-refractivity contribution in [1.29, 1.82) is 0 Å². The minimum absolute atomic E-state index is 0.477. The highest BCUT2D eigenvalue weighted by atomic mass is 35.5. The summed E-state index contributed by atoms with van der Waals surface area (Å²) in [6, 6.07) is 3.53. The largest absolute Gasteiger partial charge is 0.399 e. The average Bonchev–Trinajstić information content (AvgIpc) is 1.81. The van der Waals surface area contributed by atoms with Gasteiger partial charge in [-0.05, 0) is 24.5 Å². The normalized spacial score (nSPS) is 10.7. The van der Waals surface area contributed by atoms with E-state index in [-0.39, 0.29) is 0 Å².